The van der Waals surface area contributed by atoms with Gasteiger partial charge in [0.1, 0.15) is 0 Å². The molecule has 4 heteroatoms. The summed E-state index contributed by atoms with van der Waals surface area (Å²) in [6, 6.07) is 0.376. The Kier molecular flexibility index (Phi) is 4.62. The lowest BCUT2D eigenvalue weighted by Gasteiger charge is -2.23. The summed E-state index contributed by atoms with van der Waals surface area (Å²) in [6.45, 7) is 4.02. The van der Waals surface area contributed by atoms with E-state index in [1.54, 1.807) is 0 Å². The van der Waals surface area contributed by atoms with E-state index in [0.29, 0.717) is 12.6 Å². The number of carboxylic acid groups (broad SMARTS) is 1. The van der Waals surface area contributed by atoms with Crippen molar-refractivity contribution in [2.24, 2.45) is 0 Å². The number of ether oxygens (including phenoxy) is 1. The third-order valence-electron chi connectivity index (χ3n) is 2.20. The lowest BCUT2D eigenvalue weighted by molar-refractivity contribution is -0.131. The van der Waals surface area contributed by atoms with Crippen LogP contribution in [-0.4, -0.2) is 36.9 Å². The lowest BCUT2D eigenvalue weighted by atomic mass is 10.1. The summed E-state index contributed by atoms with van der Waals surface area (Å²) in [7, 11) is 0. The fraction of sp³-hybridized carbons (Fsp3) is 0.700. The molecule has 1 fully saturated rings. The van der Waals surface area contributed by atoms with Crippen molar-refractivity contribution in [1.82, 2.24) is 5.32 Å². The molecule has 1 atom stereocenters. The van der Waals surface area contributed by atoms with Crippen LogP contribution in [0.4, 0.5) is 0 Å². The monoisotopic (exact) mass is 199 g/mol. The third kappa shape index (κ3) is 4.39. The first-order chi connectivity index (χ1) is 6.68. The second kappa shape index (κ2) is 5.78. The maximum absolute atomic E-state index is 10.3. The first kappa shape index (κ1) is 11.2. The topological polar surface area (TPSA) is 58.6 Å². The lowest BCUT2D eigenvalue weighted by Crippen LogP contribution is -2.37. The average Bonchev–Trinajstić information content (AvgIpc) is 2.15. The summed E-state index contributed by atoms with van der Waals surface area (Å²) < 4.78 is 5.30. The van der Waals surface area contributed by atoms with Gasteiger partial charge in [-0.2, -0.15) is 0 Å². The molecule has 0 saturated carbocycles. The fourth-order valence-electron chi connectivity index (χ4n) is 1.47. The van der Waals surface area contributed by atoms with Crippen LogP contribution in [-0.2, 0) is 9.53 Å². The van der Waals surface area contributed by atoms with Gasteiger partial charge < -0.3 is 15.2 Å². The van der Waals surface area contributed by atoms with Crippen LogP contribution in [0.1, 0.15) is 19.8 Å². The van der Waals surface area contributed by atoms with Crippen molar-refractivity contribution in [3.05, 3.63) is 11.6 Å². The summed E-state index contributed by atoms with van der Waals surface area (Å²) in [6.07, 6.45) is 3.43. The summed E-state index contributed by atoms with van der Waals surface area (Å²) in [4.78, 5) is 10.3. The maximum Gasteiger partial charge on any atom is 0.328 e. The van der Waals surface area contributed by atoms with Crippen molar-refractivity contribution < 1.29 is 14.6 Å². The molecule has 80 valence electrons. The molecule has 0 amide bonds. The molecule has 1 unspecified atom stereocenters. The zero-order valence-electron chi connectivity index (χ0n) is 8.45. The Morgan fingerprint density at radius 3 is 3.07 bits per heavy atom. The first-order valence-corrected chi connectivity index (χ1v) is 4.89. The van der Waals surface area contributed by atoms with E-state index in [0.717, 1.165) is 31.6 Å². The van der Waals surface area contributed by atoms with Gasteiger partial charge in [-0.05, 0) is 19.8 Å². The molecule has 0 bridgehead atoms. The van der Waals surface area contributed by atoms with E-state index in [9.17, 15) is 4.79 Å². The van der Waals surface area contributed by atoms with Crippen LogP contribution in [0.15, 0.2) is 11.6 Å². The molecule has 0 aromatic rings. The summed E-state index contributed by atoms with van der Waals surface area (Å²) in [5.41, 5.74) is 0.836. The molecular formula is C10H17NO3. The van der Waals surface area contributed by atoms with Crippen LogP contribution in [0.3, 0.4) is 0 Å². The zero-order valence-corrected chi connectivity index (χ0v) is 8.45. The quantitative estimate of drug-likeness (QED) is 0.657. The number of carbonyl (C=O) groups is 1. The highest BCUT2D eigenvalue weighted by Gasteiger charge is 2.12. The van der Waals surface area contributed by atoms with Gasteiger partial charge in [0.25, 0.3) is 0 Å². The van der Waals surface area contributed by atoms with Crippen molar-refractivity contribution in [1.29, 1.82) is 0 Å². The van der Waals surface area contributed by atoms with E-state index in [1.165, 1.54) is 6.08 Å². The molecule has 4 nitrogen and oxygen atoms in total. The van der Waals surface area contributed by atoms with Crippen LogP contribution >= 0.6 is 0 Å². The molecule has 1 saturated heterocycles. The number of aliphatic carboxylic acids is 1. The Labute approximate surface area is 83.9 Å². The summed E-state index contributed by atoms with van der Waals surface area (Å²) in [5, 5.41) is 11.8. The Bertz CT molecular complexity index is 219. The average molecular weight is 199 g/mol. The molecule has 1 aliphatic heterocycles. The Hall–Kier alpha value is -0.870. The van der Waals surface area contributed by atoms with E-state index in [2.05, 4.69) is 5.32 Å². The minimum Gasteiger partial charge on any atom is -0.478 e. The number of carboxylic acids is 1. The predicted molar refractivity (Wildman–Crippen MR) is 53.2 cm³/mol. The SMILES string of the molecule is CC(=CC(=O)O)CNC1CCCOC1. The first-order valence-electron chi connectivity index (χ1n) is 4.89. The van der Waals surface area contributed by atoms with E-state index in [1.807, 2.05) is 6.92 Å². The largest absolute Gasteiger partial charge is 0.478 e. The van der Waals surface area contributed by atoms with Crippen molar-refractivity contribution in [2.45, 2.75) is 25.8 Å². The molecule has 1 rings (SSSR count). The molecule has 14 heavy (non-hydrogen) atoms. The predicted octanol–water partition coefficient (Wildman–Crippen LogP) is 0.786. The number of hydrogen-bond donors (Lipinski definition) is 2. The van der Waals surface area contributed by atoms with E-state index < -0.39 is 5.97 Å². The fourth-order valence-corrected chi connectivity index (χ4v) is 1.47. The highest BCUT2D eigenvalue weighted by atomic mass is 16.5. The second-order valence-corrected chi connectivity index (χ2v) is 3.62. The van der Waals surface area contributed by atoms with Gasteiger partial charge in [-0.15, -0.1) is 0 Å². The number of nitrogens with one attached hydrogen (secondary N) is 1. The minimum absolute atomic E-state index is 0.376. The molecule has 0 aromatic carbocycles. The van der Waals surface area contributed by atoms with Crippen LogP contribution < -0.4 is 5.32 Å². The number of hydrogen-bond acceptors (Lipinski definition) is 3. The maximum atomic E-state index is 10.3. The van der Waals surface area contributed by atoms with Crippen molar-refractivity contribution in [3.8, 4) is 0 Å². The van der Waals surface area contributed by atoms with Gasteiger partial charge in [-0.25, -0.2) is 4.79 Å². The van der Waals surface area contributed by atoms with E-state index in [4.69, 9.17) is 9.84 Å². The van der Waals surface area contributed by atoms with E-state index in [-0.39, 0.29) is 0 Å². The third-order valence-corrected chi connectivity index (χ3v) is 2.20. The Balaban J connectivity index is 2.21. The van der Waals surface area contributed by atoms with Crippen molar-refractivity contribution in [2.75, 3.05) is 19.8 Å². The van der Waals surface area contributed by atoms with Gasteiger partial charge >= 0.3 is 5.97 Å². The molecule has 1 heterocycles. The highest BCUT2D eigenvalue weighted by molar-refractivity contribution is 5.80. The van der Waals surface area contributed by atoms with Gasteiger partial charge in [0.05, 0.1) is 6.61 Å². The molecule has 0 aliphatic carbocycles. The van der Waals surface area contributed by atoms with Crippen molar-refractivity contribution in [3.63, 3.8) is 0 Å². The van der Waals surface area contributed by atoms with E-state index >= 15 is 0 Å². The molecule has 2 N–H and O–H groups in total. The minimum atomic E-state index is -0.885. The van der Waals surface area contributed by atoms with Crippen LogP contribution in [0.5, 0.6) is 0 Å². The zero-order chi connectivity index (χ0) is 10.4. The molecule has 1 aliphatic rings. The van der Waals surface area contributed by atoms with Gasteiger partial charge in [0, 0.05) is 25.3 Å². The number of rotatable bonds is 4. The molecule has 0 spiro atoms. The van der Waals surface area contributed by atoms with Crippen LogP contribution in [0, 0.1) is 0 Å². The standard InChI is InChI=1S/C10H17NO3/c1-8(5-10(12)13)6-11-9-3-2-4-14-7-9/h5,9,11H,2-4,6-7H2,1H3,(H,12,13). The molecular weight excluding hydrogens is 182 g/mol. The summed E-state index contributed by atoms with van der Waals surface area (Å²) in [5.74, 6) is -0.885. The van der Waals surface area contributed by atoms with Gasteiger partial charge in [0.2, 0.25) is 0 Å². The summed E-state index contributed by atoms with van der Waals surface area (Å²) >= 11 is 0. The highest BCUT2D eigenvalue weighted by Crippen LogP contribution is 2.05. The molecule has 0 aromatic heterocycles. The Morgan fingerprint density at radius 2 is 2.50 bits per heavy atom. The second-order valence-electron chi connectivity index (χ2n) is 3.62. The van der Waals surface area contributed by atoms with Gasteiger partial charge in [0.15, 0.2) is 0 Å². The normalized spacial score (nSPS) is 23.5. The van der Waals surface area contributed by atoms with Crippen molar-refractivity contribution >= 4 is 5.97 Å². The van der Waals surface area contributed by atoms with Crippen LogP contribution in [0.2, 0.25) is 0 Å². The molecule has 0 radical (unpaired) electrons. The van der Waals surface area contributed by atoms with Gasteiger partial charge in [-0.1, -0.05) is 5.57 Å². The smallest absolute Gasteiger partial charge is 0.328 e. The van der Waals surface area contributed by atoms with Crippen LogP contribution in [0.25, 0.3) is 0 Å². The van der Waals surface area contributed by atoms with Gasteiger partial charge in [-0.3, -0.25) is 0 Å². The Morgan fingerprint density at radius 1 is 1.71 bits per heavy atom.